The number of anilines is 3. The van der Waals surface area contributed by atoms with Gasteiger partial charge in [0.2, 0.25) is 5.91 Å². The number of rotatable bonds is 8. The Balaban J connectivity index is 1.18. The van der Waals surface area contributed by atoms with Crippen LogP contribution < -0.4 is 15.5 Å². The lowest BCUT2D eigenvalue weighted by Crippen LogP contribution is -2.49. The Labute approximate surface area is 296 Å². The van der Waals surface area contributed by atoms with Crippen molar-refractivity contribution in [1.29, 1.82) is 0 Å². The molecule has 1 aliphatic heterocycles. The van der Waals surface area contributed by atoms with E-state index in [4.69, 9.17) is 4.74 Å². The van der Waals surface area contributed by atoms with Crippen molar-refractivity contribution < 1.29 is 19.1 Å². The van der Waals surface area contributed by atoms with E-state index >= 15 is 0 Å². The zero-order chi connectivity index (χ0) is 34.0. The van der Waals surface area contributed by atoms with Gasteiger partial charge < -0.3 is 15.4 Å². The van der Waals surface area contributed by atoms with Gasteiger partial charge in [0.05, 0.1) is 34.4 Å². The largest absolute Gasteiger partial charge is 0.462 e. The van der Waals surface area contributed by atoms with Crippen LogP contribution in [0, 0.1) is 11.3 Å². The molecule has 0 fully saturated rings. The molecule has 1 aromatic heterocycles. The normalized spacial score (nSPS) is 20.3. The molecule has 6 rings (SSSR count). The number of thioether (sulfide) groups is 2. The predicted octanol–water partition coefficient (Wildman–Crippen LogP) is 9.59. The minimum atomic E-state index is -0.404. The number of allylic oxidation sites excluding steroid dienone is 2. The Morgan fingerprint density at radius 1 is 1.04 bits per heavy atom. The van der Waals surface area contributed by atoms with Gasteiger partial charge in [-0.25, -0.2) is 9.59 Å². The Morgan fingerprint density at radius 3 is 2.60 bits per heavy atom. The van der Waals surface area contributed by atoms with Crippen LogP contribution in [0.1, 0.15) is 68.3 Å². The second kappa shape index (κ2) is 14.6. The average Bonchev–Trinajstić information content (AvgIpc) is 3.43. The summed E-state index contributed by atoms with van der Waals surface area (Å²) in [6.45, 7) is 10.9. The topological polar surface area (TPSA) is 87.7 Å². The summed E-state index contributed by atoms with van der Waals surface area (Å²) in [6, 6.07) is 15.3. The van der Waals surface area contributed by atoms with Crippen LogP contribution in [0.3, 0.4) is 0 Å². The highest BCUT2D eigenvalue weighted by atomic mass is 32.2. The van der Waals surface area contributed by atoms with Crippen molar-refractivity contribution in [2.24, 2.45) is 11.3 Å². The summed E-state index contributed by atoms with van der Waals surface area (Å²) in [5, 5.41) is 6.56. The fourth-order valence-electron chi connectivity index (χ4n) is 6.57. The summed E-state index contributed by atoms with van der Waals surface area (Å²) < 4.78 is 5.45. The number of para-hydroxylation sites is 1. The molecule has 3 aromatic rings. The summed E-state index contributed by atoms with van der Waals surface area (Å²) in [4.78, 5) is 45.7. The highest BCUT2D eigenvalue weighted by molar-refractivity contribution is 8.00. The molecule has 3 amide bonds. The maximum atomic E-state index is 13.8. The molecule has 2 N–H and O–H groups in total. The number of amides is 3. The number of esters is 1. The van der Waals surface area contributed by atoms with E-state index in [-0.39, 0.29) is 41.2 Å². The number of nitrogens with zero attached hydrogens (tertiary/aromatic N) is 1. The first kappa shape index (κ1) is 34.4. The van der Waals surface area contributed by atoms with Gasteiger partial charge in [0.1, 0.15) is 5.00 Å². The number of urea groups is 1. The molecule has 4 unspecified atom stereocenters. The number of ether oxygens (including phenoxy) is 1. The maximum Gasteiger partial charge on any atom is 0.341 e. The zero-order valence-electron chi connectivity index (χ0n) is 28.1. The van der Waals surface area contributed by atoms with Crippen LogP contribution in [0.15, 0.2) is 82.6 Å². The van der Waals surface area contributed by atoms with Gasteiger partial charge in [0.15, 0.2) is 0 Å². The lowest BCUT2D eigenvalue weighted by molar-refractivity contribution is -0.115. The minimum absolute atomic E-state index is 0.0950. The van der Waals surface area contributed by atoms with Crippen LogP contribution >= 0.6 is 34.9 Å². The van der Waals surface area contributed by atoms with Gasteiger partial charge in [-0.1, -0.05) is 70.2 Å². The summed E-state index contributed by atoms with van der Waals surface area (Å²) in [5.41, 5.74) is 3.26. The van der Waals surface area contributed by atoms with Crippen LogP contribution in [0.25, 0.3) is 0 Å². The minimum Gasteiger partial charge on any atom is -0.462 e. The first-order valence-corrected chi connectivity index (χ1v) is 19.2. The molecule has 2 aromatic carbocycles. The molecule has 48 heavy (non-hydrogen) atoms. The number of carbonyl (C=O) groups excluding carboxylic acids is 3. The van der Waals surface area contributed by atoms with Crippen molar-refractivity contribution in [1.82, 2.24) is 0 Å². The van der Waals surface area contributed by atoms with Gasteiger partial charge in [-0.15, -0.1) is 34.9 Å². The van der Waals surface area contributed by atoms with Crippen molar-refractivity contribution >= 4 is 69.1 Å². The first-order valence-electron chi connectivity index (χ1n) is 16.7. The fourth-order valence-corrected chi connectivity index (χ4v) is 10.2. The van der Waals surface area contributed by atoms with Crippen molar-refractivity contribution in [2.75, 3.05) is 22.1 Å². The molecule has 252 valence electrons. The maximum absolute atomic E-state index is 13.8. The third kappa shape index (κ3) is 7.26. The number of thiophene rings is 1. The third-order valence-corrected chi connectivity index (χ3v) is 13.0. The van der Waals surface area contributed by atoms with Crippen molar-refractivity contribution in [3.05, 3.63) is 88.8 Å². The molecule has 10 heteroatoms. The molecule has 0 radical (unpaired) electrons. The third-order valence-electron chi connectivity index (χ3n) is 9.19. The van der Waals surface area contributed by atoms with E-state index in [0.717, 1.165) is 40.3 Å². The zero-order valence-corrected chi connectivity index (χ0v) is 30.5. The number of hydrogen-bond acceptors (Lipinski definition) is 7. The van der Waals surface area contributed by atoms with Gasteiger partial charge in [-0.05, 0) is 79.8 Å². The van der Waals surface area contributed by atoms with Crippen LogP contribution in [0.4, 0.5) is 21.2 Å². The Bertz CT molecular complexity index is 1760. The van der Waals surface area contributed by atoms with E-state index in [9.17, 15) is 14.4 Å². The van der Waals surface area contributed by atoms with E-state index in [1.54, 1.807) is 18.7 Å². The predicted molar refractivity (Wildman–Crippen MR) is 200 cm³/mol. The highest BCUT2D eigenvalue weighted by Gasteiger charge is 2.37. The molecular weight excluding hydrogens is 659 g/mol. The molecular formula is C38H43N3O4S3. The number of fused-ring (bicyclic) bond motifs is 3. The van der Waals surface area contributed by atoms with E-state index in [2.05, 4.69) is 49.6 Å². The molecule has 7 nitrogen and oxygen atoms in total. The first-order chi connectivity index (χ1) is 23.1. The quantitative estimate of drug-likeness (QED) is 0.180. The second-order valence-electron chi connectivity index (χ2n) is 13.4. The number of carbonyl (C=O) groups is 3. The van der Waals surface area contributed by atoms with E-state index < -0.39 is 5.25 Å². The van der Waals surface area contributed by atoms with E-state index in [1.165, 1.54) is 28.0 Å². The molecule has 4 atom stereocenters. The highest BCUT2D eigenvalue weighted by Crippen LogP contribution is 2.46. The number of nitrogens with one attached hydrogen (secondary N) is 2. The molecule has 0 saturated heterocycles. The Kier molecular flexibility index (Phi) is 10.4. The van der Waals surface area contributed by atoms with Crippen LogP contribution in [0.2, 0.25) is 0 Å². The van der Waals surface area contributed by atoms with Crippen LogP contribution in [0.5, 0.6) is 0 Å². The summed E-state index contributed by atoms with van der Waals surface area (Å²) >= 11 is 4.74. The van der Waals surface area contributed by atoms with Gasteiger partial charge in [-0.2, -0.15) is 0 Å². The lowest BCUT2D eigenvalue weighted by Gasteiger charge is -2.40. The second-order valence-corrected chi connectivity index (χ2v) is 17.0. The molecule has 0 saturated carbocycles. The molecule has 2 heterocycles. The SMILES string of the molecule is CCOC(=O)c1c(NC(=O)C(CC)Sc2cccc(NC(=O)N3c4ccccc4SC4C=CC=CC43)c2)sc2c1CCC(C(C)(C)C)C2. The van der Waals surface area contributed by atoms with Gasteiger partial charge >= 0.3 is 12.0 Å². The Hall–Kier alpha value is -3.47. The van der Waals surface area contributed by atoms with E-state index in [0.29, 0.717) is 28.6 Å². The van der Waals surface area contributed by atoms with Gasteiger partial charge in [0.25, 0.3) is 0 Å². The molecule has 0 spiro atoms. The van der Waals surface area contributed by atoms with Crippen molar-refractivity contribution in [2.45, 2.75) is 86.6 Å². The van der Waals surface area contributed by atoms with Crippen molar-refractivity contribution in [3.63, 3.8) is 0 Å². The number of hydrogen-bond donors (Lipinski definition) is 2. The monoisotopic (exact) mass is 701 g/mol. The smallest absolute Gasteiger partial charge is 0.341 e. The number of benzene rings is 2. The summed E-state index contributed by atoms with van der Waals surface area (Å²) in [6.07, 6.45) is 11.5. The molecule has 2 aliphatic carbocycles. The van der Waals surface area contributed by atoms with Gasteiger partial charge in [0, 0.05) is 20.4 Å². The molecule has 0 bridgehead atoms. The van der Waals surface area contributed by atoms with Crippen molar-refractivity contribution in [3.8, 4) is 0 Å². The van der Waals surface area contributed by atoms with Crippen LogP contribution in [-0.2, 0) is 22.4 Å². The standard InChI is InChI=1S/C38H43N3O4S3/c1-6-29(34(42)40-35-33(36(43)45-7-2)26-20-19-23(38(3,4)5)21-32(26)48-35)46-25-14-12-13-24(22-25)39-37(44)41-27-15-8-10-17-30(27)47-31-18-11-9-16-28(31)41/h8-18,22-23,27,29-30H,6-7,19-21H2,1-5H3,(H,39,44)(H,40,42). The van der Waals surface area contributed by atoms with Crippen LogP contribution in [-0.4, -0.2) is 41.1 Å². The van der Waals surface area contributed by atoms with Gasteiger partial charge in [-0.3, -0.25) is 9.69 Å². The van der Waals surface area contributed by atoms with E-state index in [1.807, 2.05) is 66.4 Å². The lowest BCUT2D eigenvalue weighted by atomic mass is 9.72. The summed E-state index contributed by atoms with van der Waals surface area (Å²) in [7, 11) is 0. The average molecular weight is 702 g/mol. The Morgan fingerprint density at radius 2 is 1.83 bits per heavy atom. The fraction of sp³-hybridized carbons (Fsp3) is 0.395. The molecule has 3 aliphatic rings. The summed E-state index contributed by atoms with van der Waals surface area (Å²) in [5.74, 6) is -0.0152.